The van der Waals surface area contributed by atoms with Crippen LogP contribution in [0.3, 0.4) is 0 Å². The van der Waals surface area contributed by atoms with Gasteiger partial charge in [-0.25, -0.2) is 9.59 Å². The number of amides is 2. The van der Waals surface area contributed by atoms with Gasteiger partial charge in [-0.2, -0.15) is 5.26 Å². The number of aromatic nitrogens is 2. The van der Waals surface area contributed by atoms with Gasteiger partial charge in [-0.1, -0.05) is 0 Å². The minimum Gasteiger partial charge on any atom is -0.446 e. The second-order valence-corrected chi connectivity index (χ2v) is 10.9. The highest BCUT2D eigenvalue weighted by molar-refractivity contribution is 5.81. The van der Waals surface area contributed by atoms with Crippen molar-refractivity contribution in [3.05, 3.63) is 34.2 Å². The summed E-state index contributed by atoms with van der Waals surface area (Å²) in [6, 6.07) is 7.21. The van der Waals surface area contributed by atoms with E-state index in [1.807, 2.05) is 0 Å². The maximum absolute atomic E-state index is 13.1. The van der Waals surface area contributed by atoms with E-state index in [1.54, 1.807) is 39.3 Å². The monoisotopic (exact) mass is 463 g/mol. The van der Waals surface area contributed by atoms with E-state index in [0.717, 1.165) is 37.6 Å². The summed E-state index contributed by atoms with van der Waals surface area (Å²) in [4.78, 5) is 40.0. The van der Waals surface area contributed by atoms with Crippen molar-refractivity contribution < 1.29 is 14.3 Å². The Morgan fingerprint density at radius 3 is 2.59 bits per heavy atom. The molecule has 0 radical (unpaired) electrons. The Morgan fingerprint density at radius 2 is 1.91 bits per heavy atom. The van der Waals surface area contributed by atoms with Gasteiger partial charge in [0.15, 0.2) is 0 Å². The van der Waals surface area contributed by atoms with E-state index in [4.69, 9.17) is 10.5 Å². The molecule has 4 unspecified atom stereocenters. The zero-order chi connectivity index (χ0) is 23.8. The van der Waals surface area contributed by atoms with E-state index in [0.29, 0.717) is 36.5 Å². The quantitative estimate of drug-likeness (QED) is 0.748. The standard InChI is InChI=1S/C25H29N5O4/c1-28-20-8-14(12-26)2-3-19(20)30(23(28)32)18-4-5-29(13-18)24(33)34-21-16-6-15-7-17(21)11-25(9-15,10-16)22(27)31/h2-3,8,15-18,21H,4-7,9-11,13H2,1H3,(H2,27,31)/t15?,16-,17?,18-,21?,25?/m0/s1. The van der Waals surface area contributed by atoms with Crippen molar-refractivity contribution in [2.24, 2.45) is 36.0 Å². The van der Waals surface area contributed by atoms with Crippen molar-refractivity contribution in [2.75, 3.05) is 13.1 Å². The van der Waals surface area contributed by atoms with Crippen LogP contribution in [0.5, 0.6) is 0 Å². The number of rotatable bonds is 3. The fraction of sp³-hybridized carbons (Fsp3) is 0.600. The average Bonchev–Trinajstić information content (AvgIpc) is 3.38. The molecule has 2 aromatic rings. The molecule has 5 aliphatic rings. The fourth-order valence-corrected chi connectivity index (χ4v) is 7.57. The molecular weight excluding hydrogens is 434 g/mol. The number of ether oxygens (including phenoxy) is 1. The number of hydrogen-bond acceptors (Lipinski definition) is 5. The summed E-state index contributed by atoms with van der Waals surface area (Å²) in [6.07, 6.45) is 4.54. The number of nitrogens with two attached hydrogens (primary N) is 1. The molecule has 1 saturated heterocycles. The Morgan fingerprint density at radius 1 is 1.18 bits per heavy atom. The number of aryl methyl sites for hydroxylation is 1. The first-order valence-corrected chi connectivity index (χ1v) is 12.2. The van der Waals surface area contributed by atoms with Gasteiger partial charge in [-0.15, -0.1) is 0 Å². The van der Waals surface area contributed by atoms with Crippen molar-refractivity contribution in [3.8, 4) is 6.07 Å². The minimum atomic E-state index is -0.404. The topological polar surface area (TPSA) is 123 Å². The summed E-state index contributed by atoms with van der Waals surface area (Å²) in [6.45, 7) is 0.937. The molecule has 6 atom stereocenters. The summed E-state index contributed by atoms with van der Waals surface area (Å²) in [5.41, 5.74) is 7.21. The highest BCUT2D eigenvalue weighted by Gasteiger charge is 2.59. The van der Waals surface area contributed by atoms with Crippen LogP contribution in [0.2, 0.25) is 0 Å². The molecule has 0 spiro atoms. The van der Waals surface area contributed by atoms with E-state index < -0.39 is 5.41 Å². The molecule has 7 rings (SSSR count). The summed E-state index contributed by atoms with van der Waals surface area (Å²) in [5, 5.41) is 9.20. The first-order chi connectivity index (χ1) is 16.3. The predicted molar refractivity (Wildman–Crippen MR) is 123 cm³/mol. The van der Waals surface area contributed by atoms with Crippen molar-refractivity contribution in [3.63, 3.8) is 0 Å². The first-order valence-electron chi connectivity index (χ1n) is 12.2. The van der Waals surface area contributed by atoms with Crippen LogP contribution in [-0.4, -0.2) is 45.2 Å². The molecule has 4 aliphatic carbocycles. The summed E-state index contributed by atoms with van der Waals surface area (Å²) >= 11 is 0. The Hall–Kier alpha value is -3.28. The first kappa shape index (κ1) is 21.3. The molecule has 4 saturated carbocycles. The molecule has 1 aromatic heterocycles. The van der Waals surface area contributed by atoms with Crippen molar-refractivity contribution in [1.29, 1.82) is 5.26 Å². The van der Waals surface area contributed by atoms with E-state index >= 15 is 0 Å². The van der Waals surface area contributed by atoms with Crippen LogP contribution < -0.4 is 11.4 Å². The maximum atomic E-state index is 13.1. The van der Waals surface area contributed by atoms with Crippen LogP contribution in [0, 0.1) is 34.5 Å². The van der Waals surface area contributed by atoms with Gasteiger partial charge in [0.25, 0.3) is 0 Å². The third-order valence-corrected chi connectivity index (χ3v) is 8.95. The predicted octanol–water partition coefficient (Wildman–Crippen LogP) is 2.28. The number of primary amides is 1. The lowest BCUT2D eigenvalue weighted by Gasteiger charge is -2.58. The molecule has 5 fully saturated rings. The molecule has 1 aliphatic heterocycles. The zero-order valence-electron chi connectivity index (χ0n) is 19.3. The minimum absolute atomic E-state index is 0.145. The van der Waals surface area contributed by atoms with Gasteiger partial charge in [0.05, 0.1) is 34.1 Å². The summed E-state index contributed by atoms with van der Waals surface area (Å²) in [5.74, 6) is 0.726. The van der Waals surface area contributed by atoms with Gasteiger partial charge in [-0.3, -0.25) is 13.9 Å². The van der Waals surface area contributed by atoms with Gasteiger partial charge in [-0.05, 0) is 74.5 Å². The number of imidazole rings is 1. The van der Waals surface area contributed by atoms with Gasteiger partial charge in [0.2, 0.25) is 5.91 Å². The molecule has 9 nitrogen and oxygen atoms in total. The summed E-state index contributed by atoms with van der Waals surface area (Å²) in [7, 11) is 1.70. The van der Waals surface area contributed by atoms with Crippen LogP contribution in [0.4, 0.5) is 4.79 Å². The van der Waals surface area contributed by atoms with Crippen molar-refractivity contribution in [1.82, 2.24) is 14.0 Å². The number of hydrogen-bond donors (Lipinski definition) is 1. The number of likely N-dealkylation sites (tertiary alicyclic amines) is 1. The van der Waals surface area contributed by atoms with E-state index in [9.17, 15) is 19.6 Å². The number of nitriles is 1. The van der Waals surface area contributed by atoms with E-state index in [2.05, 4.69) is 6.07 Å². The molecule has 2 heterocycles. The van der Waals surface area contributed by atoms with Crippen LogP contribution >= 0.6 is 0 Å². The maximum Gasteiger partial charge on any atom is 0.410 e. The number of benzene rings is 1. The number of fused-ring (bicyclic) bond motifs is 1. The zero-order valence-corrected chi connectivity index (χ0v) is 19.3. The van der Waals surface area contributed by atoms with E-state index in [-0.39, 0.29) is 41.7 Å². The largest absolute Gasteiger partial charge is 0.446 e. The second kappa shape index (κ2) is 7.36. The molecule has 1 aromatic carbocycles. The lowest BCUT2D eigenvalue weighted by Crippen LogP contribution is -2.59. The Kier molecular flexibility index (Phi) is 4.60. The molecule has 4 bridgehead atoms. The molecule has 9 heteroatoms. The molecule has 34 heavy (non-hydrogen) atoms. The lowest BCUT2D eigenvalue weighted by molar-refractivity contribution is -0.161. The Balaban J connectivity index is 1.18. The van der Waals surface area contributed by atoms with Gasteiger partial charge in [0, 0.05) is 20.1 Å². The molecular formula is C25H29N5O4. The van der Waals surface area contributed by atoms with Crippen molar-refractivity contribution >= 4 is 23.0 Å². The number of nitrogens with zero attached hydrogens (tertiary/aromatic N) is 4. The van der Waals surface area contributed by atoms with Gasteiger partial charge in [0.1, 0.15) is 6.10 Å². The molecule has 178 valence electrons. The number of carbonyl (C=O) groups is 2. The Bertz CT molecular complexity index is 1290. The third kappa shape index (κ3) is 3.00. The van der Waals surface area contributed by atoms with E-state index in [1.165, 1.54) is 0 Å². The fourth-order valence-electron chi connectivity index (χ4n) is 7.57. The summed E-state index contributed by atoms with van der Waals surface area (Å²) < 4.78 is 9.37. The third-order valence-electron chi connectivity index (χ3n) is 8.95. The highest BCUT2D eigenvalue weighted by atomic mass is 16.6. The van der Waals surface area contributed by atoms with Crippen LogP contribution in [0.1, 0.15) is 50.1 Å². The molecule has 2 amide bonds. The van der Waals surface area contributed by atoms with Crippen LogP contribution in [-0.2, 0) is 16.6 Å². The SMILES string of the molecule is Cn1c(=O)n([C@H]2CCN(C(=O)OC3C4CC5C[C@H]3CC(C(N)=O)(C5)C4)C2)c2ccc(C#N)cc21. The van der Waals surface area contributed by atoms with Crippen LogP contribution in [0.25, 0.3) is 11.0 Å². The van der Waals surface area contributed by atoms with Gasteiger partial charge >= 0.3 is 11.8 Å². The second-order valence-electron chi connectivity index (χ2n) is 10.9. The average molecular weight is 464 g/mol. The lowest BCUT2D eigenvalue weighted by atomic mass is 9.48. The van der Waals surface area contributed by atoms with Crippen LogP contribution in [0.15, 0.2) is 23.0 Å². The normalized spacial score (nSPS) is 33.9. The van der Waals surface area contributed by atoms with Gasteiger partial charge < -0.3 is 15.4 Å². The smallest absolute Gasteiger partial charge is 0.410 e. The highest BCUT2D eigenvalue weighted by Crippen LogP contribution is 2.60. The Labute approximate surface area is 197 Å². The van der Waals surface area contributed by atoms with Crippen molar-refractivity contribution in [2.45, 2.75) is 50.7 Å². The number of carbonyl (C=O) groups excluding carboxylic acids is 2. The molecule has 2 N–H and O–H groups in total.